The number of aromatic nitrogens is 3. The second-order valence-corrected chi connectivity index (χ2v) is 7.66. The van der Waals surface area contributed by atoms with Gasteiger partial charge in [0, 0.05) is 37.9 Å². The van der Waals surface area contributed by atoms with Gasteiger partial charge in [-0.05, 0) is 57.1 Å². The van der Waals surface area contributed by atoms with E-state index in [1.807, 2.05) is 31.1 Å². The summed E-state index contributed by atoms with van der Waals surface area (Å²) in [5, 5.41) is 0. The smallest absolute Gasteiger partial charge is 0.261 e. The summed E-state index contributed by atoms with van der Waals surface area (Å²) in [5.41, 5.74) is 3.19. The highest BCUT2D eigenvalue weighted by atomic mass is 16.2. The Morgan fingerprint density at radius 2 is 2.08 bits per heavy atom. The number of imidazole rings is 1. The summed E-state index contributed by atoms with van der Waals surface area (Å²) in [4.78, 5) is 34.9. The van der Waals surface area contributed by atoms with Crippen LogP contribution in [0.2, 0.25) is 0 Å². The van der Waals surface area contributed by atoms with Gasteiger partial charge < -0.3 is 14.5 Å². The third-order valence-electron chi connectivity index (χ3n) is 5.68. The fourth-order valence-corrected chi connectivity index (χ4v) is 4.39. The van der Waals surface area contributed by atoms with Gasteiger partial charge in [-0.3, -0.25) is 9.59 Å². The number of aromatic amines is 1. The van der Waals surface area contributed by atoms with E-state index in [4.69, 9.17) is 0 Å². The molecular weight excluding hydrogens is 328 g/mol. The molecule has 2 aromatic heterocycles. The van der Waals surface area contributed by atoms with Gasteiger partial charge in [-0.1, -0.05) is 0 Å². The van der Waals surface area contributed by atoms with E-state index in [1.54, 1.807) is 0 Å². The highest BCUT2D eigenvalue weighted by molar-refractivity contribution is 5.94. The maximum atomic E-state index is 13.1. The molecular formula is C20H26N4O2. The Morgan fingerprint density at radius 1 is 1.27 bits per heavy atom. The van der Waals surface area contributed by atoms with Gasteiger partial charge in [0.1, 0.15) is 11.4 Å². The van der Waals surface area contributed by atoms with Crippen molar-refractivity contribution in [1.82, 2.24) is 19.4 Å². The van der Waals surface area contributed by atoms with Crippen molar-refractivity contribution >= 4 is 5.91 Å². The number of carbonyl (C=O) groups excluding carboxylic acids is 1. The molecule has 1 unspecified atom stereocenters. The molecule has 6 heteroatoms. The third-order valence-corrected chi connectivity index (χ3v) is 5.68. The molecule has 138 valence electrons. The molecule has 0 saturated carbocycles. The Bertz CT molecular complexity index is 896. The van der Waals surface area contributed by atoms with Gasteiger partial charge in [0.15, 0.2) is 0 Å². The minimum atomic E-state index is -0.245. The number of fused-ring (bicyclic) bond motifs is 1. The quantitative estimate of drug-likeness (QED) is 0.900. The first kappa shape index (κ1) is 17.1. The van der Waals surface area contributed by atoms with E-state index in [9.17, 15) is 9.59 Å². The van der Waals surface area contributed by atoms with Crippen molar-refractivity contribution in [3.63, 3.8) is 0 Å². The van der Waals surface area contributed by atoms with Crippen LogP contribution in [-0.2, 0) is 19.9 Å². The van der Waals surface area contributed by atoms with E-state index in [0.29, 0.717) is 18.7 Å². The molecule has 1 N–H and O–H groups in total. The van der Waals surface area contributed by atoms with Gasteiger partial charge in [-0.2, -0.15) is 0 Å². The number of amides is 1. The van der Waals surface area contributed by atoms with Crippen LogP contribution in [0.25, 0.3) is 0 Å². The molecule has 0 spiro atoms. The number of rotatable bonds is 2. The number of aryl methyl sites for hydroxylation is 4. The Balaban J connectivity index is 1.58. The van der Waals surface area contributed by atoms with Crippen LogP contribution in [0.5, 0.6) is 0 Å². The first-order valence-electron chi connectivity index (χ1n) is 9.57. The molecule has 26 heavy (non-hydrogen) atoms. The number of H-pyrrole nitrogens is 1. The lowest BCUT2D eigenvalue weighted by molar-refractivity contribution is 0.0701. The first-order valence-corrected chi connectivity index (χ1v) is 9.57. The highest BCUT2D eigenvalue weighted by Gasteiger charge is 2.29. The molecule has 1 atom stereocenters. The van der Waals surface area contributed by atoms with Crippen molar-refractivity contribution in [2.75, 3.05) is 13.1 Å². The summed E-state index contributed by atoms with van der Waals surface area (Å²) in [7, 11) is 2.00. The Kier molecular flexibility index (Phi) is 4.42. The summed E-state index contributed by atoms with van der Waals surface area (Å²) >= 11 is 0. The zero-order valence-corrected chi connectivity index (χ0v) is 15.5. The predicted octanol–water partition coefficient (Wildman–Crippen LogP) is 2.32. The van der Waals surface area contributed by atoms with Crippen molar-refractivity contribution in [1.29, 1.82) is 0 Å². The van der Waals surface area contributed by atoms with Crippen molar-refractivity contribution in [2.24, 2.45) is 7.05 Å². The summed E-state index contributed by atoms with van der Waals surface area (Å²) < 4.78 is 2.06. The van der Waals surface area contributed by atoms with Crippen LogP contribution >= 0.6 is 0 Å². The number of hydrogen-bond acceptors (Lipinski definition) is 3. The maximum absolute atomic E-state index is 13.1. The summed E-state index contributed by atoms with van der Waals surface area (Å²) in [6, 6.07) is 1.84. The molecule has 3 heterocycles. The number of pyridine rings is 1. The molecule has 0 radical (unpaired) electrons. The van der Waals surface area contributed by atoms with E-state index >= 15 is 0 Å². The van der Waals surface area contributed by atoms with E-state index < -0.39 is 0 Å². The molecule has 1 aliphatic heterocycles. The topological polar surface area (TPSA) is 71.0 Å². The molecule has 1 aliphatic carbocycles. The van der Waals surface area contributed by atoms with Crippen LogP contribution in [-0.4, -0.2) is 38.4 Å². The number of piperidine rings is 1. The second kappa shape index (κ2) is 6.74. The summed E-state index contributed by atoms with van der Waals surface area (Å²) in [6.45, 7) is 3.32. The largest absolute Gasteiger partial charge is 0.338 e. The fraction of sp³-hybridized carbons (Fsp3) is 0.550. The zero-order chi connectivity index (χ0) is 18.3. The van der Waals surface area contributed by atoms with Gasteiger partial charge in [-0.25, -0.2) is 4.98 Å². The number of carbonyl (C=O) groups is 1. The van der Waals surface area contributed by atoms with E-state index in [1.165, 1.54) is 0 Å². The minimum absolute atomic E-state index is 0.143. The van der Waals surface area contributed by atoms with Crippen LogP contribution in [0.4, 0.5) is 0 Å². The Hall–Kier alpha value is -2.37. The lowest BCUT2D eigenvalue weighted by atomic mass is 9.94. The van der Waals surface area contributed by atoms with Crippen LogP contribution in [0.1, 0.15) is 64.7 Å². The van der Waals surface area contributed by atoms with Crippen LogP contribution < -0.4 is 5.56 Å². The zero-order valence-electron chi connectivity index (χ0n) is 15.5. The van der Waals surface area contributed by atoms with Crippen molar-refractivity contribution < 1.29 is 4.79 Å². The number of likely N-dealkylation sites (tertiary alicyclic amines) is 1. The van der Waals surface area contributed by atoms with Gasteiger partial charge >= 0.3 is 0 Å². The normalized spacial score (nSPS) is 20.1. The average molecular weight is 354 g/mol. The molecule has 6 nitrogen and oxygen atoms in total. The molecule has 1 saturated heterocycles. The summed E-state index contributed by atoms with van der Waals surface area (Å²) in [6.07, 6.45) is 8.05. The van der Waals surface area contributed by atoms with Gasteiger partial charge in [-0.15, -0.1) is 0 Å². The van der Waals surface area contributed by atoms with Crippen LogP contribution in [0, 0.1) is 6.92 Å². The highest BCUT2D eigenvalue weighted by Crippen LogP contribution is 2.27. The lowest BCUT2D eigenvalue weighted by Crippen LogP contribution is -2.42. The predicted molar refractivity (Wildman–Crippen MR) is 99.5 cm³/mol. The number of hydrogen-bond donors (Lipinski definition) is 1. The number of nitrogens with one attached hydrogen (secondary N) is 1. The maximum Gasteiger partial charge on any atom is 0.261 e. The Morgan fingerprint density at radius 3 is 2.85 bits per heavy atom. The summed E-state index contributed by atoms with van der Waals surface area (Å²) in [5.74, 6) is 1.11. The van der Waals surface area contributed by atoms with Crippen LogP contribution in [0.15, 0.2) is 17.1 Å². The SMILES string of the molecule is Cc1cn(C)c(C2CCCN(C(=O)c3cc4c([nH]c3=O)CCCC4)C2)n1. The van der Waals surface area contributed by atoms with E-state index in [-0.39, 0.29) is 17.4 Å². The second-order valence-electron chi connectivity index (χ2n) is 7.66. The molecule has 4 rings (SSSR count). The lowest BCUT2D eigenvalue weighted by Gasteiger charge is -2.32. The van der Waals surface area contributed by atoms with Crippen LogP contribution in [0.3, 0.4) is 0 Å². The van der Waals surface area contributed by atoms with E-state index in [2.05, 4.69) is 14.5 Å². The van der Waals surface area contributed by atoms with Crippen molar-refractivity contribution in [3.05, 3.63) is 51.0 Å². The Labute approximate surface area is 153 Å². The van der Waals surface area contributed by atoms with Crippen molar-refractivity contribution in [3.8, 4) is 0 Å². The van der Waals surface area contributed by atoms with Gasteiger partial charge in [0.25, 0.3) is 11.5 Å². The monoisotopic (exact) mass is 354 g/mol. The molecule has 2 aromatic rings. The fourth-order valence-electron chi connectivity index (χ4n) is 4.39. The first-order chi connectivity index (χ1) is 12.5. The van der Waals surface area contributed by atoms with Gasteiger partial charge in [0.05, 0.1) is 5.69 Å². The molecule has 1 fully saturated rings. The molecule has 2 aliphatic rings. The van der Waals surface area contributed by atoms with Crippen molar-refractivity contribution in [2.45, 2.75) is 51.4 Å². The van der Waals surface area contributed by atoms with Gasteiger partial charge in [0.2, 0.25) is 0 Å². The number of nitrogens with zero attached hydrogens (tertiary/aromatic N) is 3. The standard InChI is InChI=1S/C20H26N4O2/c1-13-11-23(2)18(21-13)15-7-5-9-24(12-15)20(26)16-10-14-6-3-4-8-17(14)22-19(16)25/h10-11,15H,3-9,12H2,1-2H3,(H,22,25). The minimum Gasteiger partial charge on any atom is -0.338 e. The van der Waals surface area contributed by atoms with E-state index in [0.717, 1.165) is 61.3 Å². The molecule has 1 amide bonds. The molecule has 0 bridgehead atoms. The third kappa shape index (κ3) is 3.08. The molecule has 0 aromatic carbocycles. The average Bonchev–Trinajstić information content (AvgIpc) is 2.99.